The van der Waals surface area contributed by atoms with Gasteiger partial charge >= 0.3 is 12.1 Å². The van der Waals surface area contributed by atoms with Gasteiger partial charge in [0.25, 0.3) is 0 Å². The smallest absolute Gasteiger partial charge is 0.422 e. The highest BCUT2D eigenvalue weighted by Crippen LogP contribution is 2.35. The molecule has 0 aromatic heterocycles. The first-order valence-corrected chi connectivity index (χ1v) is 6.59. The summed E-state index contributed by atoms with van der Waals surface area (Å²) in [5.74, 6) is -5.26. The molecule has 2 rings (SSSR count). The van der Waals surface area contributed by atoms with Gasteiger partial charge in [0.15, 0.2) is 0 Å². The van der Waals surface area contributed by atoms with E-state index in [4.69, 9.17) is 4.74 Å². The summed E-state index contributed by atoms with van der Waals surface area (Å²) in [7, 11) is 0. The second kappa shape index (κ2) is 6.36. The molecule has 0 unspecified atom stereocenters. The molecule has 0 aliphatic heterocycles. The van der Waals surface area contributed by atoms with Gasteiger partial charge in [-0.1, -0.05) is 19.1 Å². The van der Waals surface area contributed by atoms with Gasteiger partial charge in [0.1, 0.15) is 22.9 Å². The molecule has 0 bridgehead atoms. The third-order valence-electron chi connectivity index (χ3n) is 3.11. The molecule has 0 heterocycles. The number of hydrogen-bond acceptors (Lipinski definition) is 2. The van der Waals surface area contributed by atoms with Crippen LogP contribution in [0.25, 0.3) is 0 Å². The number of ether oxygens (including phenoxy) is 1. The van der Waals surface area contributed by atoms with Gasteiger partial charge in [-0.25, -0.2) is 13.6 Å². The van der Waals surface area contributed by atoms with Crippen LogP contribution in [0.1, 0.15) is 28.4 Å². The fraction of sp³-hybridized carbons (Fsp3) is 0.188. The first kappa shape index (κ1) is 16.9. The van der Waals surface area contributed by atoms with Gasteiger partial charge in [-0.3, -0.25) is 0 Å². The van der Waals surface area contributed by atoms with E-state index in [1.54, 1.807) is 12.1 Å². The summed E-state index contributed by atoms with van der Waals surface area (Å²) >= 11 is 0. The highest BCUT2D eigenvalue weighted by Gasteiger charge is 2.38. The van der Waals surface area contributed by atoms with Gasteiger partial charge in [0, 0.05) is 12.1 Å². The Morgan fingerprint density at radius 3 is 2.00 bits per heavy atom. The lowest BCUT2D eigenvalue weighted by atomic mass is 10.1. The third kappa shape index (κ3) is 3.85. The Morgan fingerprint density at radius 1 is 1.04 bits per heavy atom. The summed E-state index contributed by atoms with van der Waals surface area (Å²) in [5.41, 5.74) is -0.944. The lowest BCUT2D eigenvalue weighted by molar-refractivity contribution is -0.142. The molecular weight excluding hydrogens is 319 g/mol. The van der Waals surface area contributed by atoms with Crippen molar-refractivity contribution in [3.05, 3.63) is 64.7 Å². The largest absolute Gasteiger partial charge is 0.423 e. The molecule has 2 aromatic rings. The zero-order chi connectivity index (χ0) is 17.2. The fourth-order valence-electron chi connectivity index (χ4n) is 1.92. The van der Waals surface area contributed by atoms with Gasteiger partial charge in [0.05, 0.1) is 5.56 Å². The van der Waals surface area contributed by atoms with Crippen LogP contribution in [-0.4, -0.2) is 5.97 Å². The molecule has 0 fully saturated rings. The zero-order valence-corrected chi connectivity index (χ0v) is 11.9. The van der Waals surface area contributed by atoms with Gasteiger partial charge < -0.3 is 4.74 Å². The third-order valence-corrected chi connectivity index (χ3v) is 3.11. The molecule has 0 aliphatic carbocycles. The van der Waals surface area contributed by atoms with E-state index < -0.39 is 35.1 Å². The van der Waals surface area contributed by atoms with Crippen LogP contribution < -0.4 is 4.74 Å². The molecule has 0 radical (unpaired) electrons. The molecule has 2 aromatic carbocycles. The van der Waals surface area contributed by atoms with E-state index in [1.807, 2.05) is 6.92 Å². The predicted molar refractivity (Wildman–Crippen MR) is 72.1 cm³/mol. The Hall–Kier alpha value is -2.44. The van der Waals surface area contributed by atoms with Crippen molar-refractivity contribution < 1.29 is 31.5 Å². The number of rotatable bonds is 3. The zero-order valence-electron chi connectivity index (χ0n) is 11.9. The summed E-state index contributed by atoms with van der Waals surface area (Å²) in [5, 5.41) is 0. The SMILES string of the molecule is CCc1ccc(C(=O)Oc2cc(F)c(C(F)(F)F)c(F)c2)cc1. The van der Waals surface area contributed by atoms with Crippen molar-refractivity contribution in [1.82, 2.24) is 0 Å². The molecule has 0 saturated heterocycles. The number of esters is 1. The number of carbonyl (C=O) groups excluding carboxylic acids is 1. The van der Waals surface area contributed by atoms with Crippen molar-refractivity contribution in [2.75, 3.05) is 0 Å². The van der Waals surface area contributed by atoms with E-state index in [0.717, 1.165) is 12.0 Å². The maximum absolute atomic E-state index is 13.4. The summed E-state index contributed by atoms with van der Waals surface area (Å²) in [4.78, 5) is 11.8. The molecule has 0 spiro atoms. The number of hydrogen-bond donors (Lipinski definition) is 0. The van der Waals surface area contributed by atoms with E-state index >= 15 is 0 Å². The van der Waals surface area contributed by atoms with Crippen LogP contribution in [0, 0.1) is 11.6 Å². The van der Waals surface area contributed by atoms with Crippen molar-refractivity contribution in [2.24, 2.45) is 0 Å². The minimum absolute atomic E-state index is 0.114. The Balaban J connectivity index is 2.24. The van der Waals surface area contributed by atoms with Crippen molar-refractivity contribution in [3.8, 4) is 5.75 Å². The van der Waals surface area contributed by atoms with Gasteiger partial charge in [0.2, 0.25) is 0 Å². The van der Waals surface area contributed by atoms with Crippen LogP contribution in [-0.2, 0) is 12.6 Å². The molecule has 0 saturated carbocycles. The first-order valence-electron chi connectivity index (χ1n) is 6.59. The lowest BCUT2D eigenvalue weighted by Gasteiger charge is -2.11. The number of halogens is 5. The van der Waals surface area contributed by atoms with Crippen LogP contribution in [0.4, 0.5) is 22.0 Å². The molecule has 0 atom stereocenters. The van der Waals surface area contributed by atoms with Crippen molar-refractivity contribution >= 4 is 5.97 Å². The van der Waals surface area contributed by atoms with Crippen LogP contribution in [0.2, 0.25) is 0 Å². The average molecular weight is 330 g/mol. The van der Waals surface area contributed by atoms with Crippen molar-refractivity contribution in [1.29, 1.82) is 0 Å². The molecule has 7 heteroatoms. The van der Waals surface area contributed by atoms with Crippen LogP contribution >= 0.6 is 0 Å². The standard InChI is InChI=1S/C16H11F5O2/c1-2-9-3-5-10(6-4-9)15(22)23-11-7-12(17)14(13(18)8-11)16(19,20)21/h3-8H,2H2,1H3. The molecule has 0 N–H and O–H groups in total. The van der Waals surface area contributed by atoms with E-state index in [1.165, 1.54) is 12.1 Å². The van der Waals surface area contributed by atoms with Crippen molar-refractivity contribution in [2.45, 2.75) is 19.5 Å². The van der Waals surface area contributed by atoms with Crippen LogP contribution in [0.3, 0.4) is 0 Å². The Kier molecular flexibility index (Phi) is 4.68. The highest BCUT2D eigenvalue weighted by molar-refractivity contribution is 5.91. The minimum Gasteiger partial charge on any atom is -0.423 e. The Morgan fingerprint density at radius 2 is 1.57 bits per heavy atom. The van der Waals surface area contributed by atoms with Crippen LogP contribution in [0.5, 0.6) is 5.75 Å². The quantitative estimate of drug-likeness (QED) is 0.460. The number of aryl methyl sites for hydroxylation is 1. The fourth-order valence-corrected chi connectivity index (χ4v) is 1.92. The van der Waals surface area contributed by atoms with Gasteiger partial charge in [-0.15, -0.1) is 0 Å². The molecule has 0 aliphatic rings. The first-order chi connectivity index (χ1) is 10.7. The summed E-state index contributed by atoms with van der Waals surface area (Å²) < 4.78 is 68.9. The minimum atomic E-state index is -5.17. The monoisotopic (exact) mass is 330 g/mol. The molecule has 122 valence electrons. The van der Waals surface area contributed by atoms with E-state index in [-0.39, 0.29) is 5.56 Å². The number of carbonyl (C=O) groups is 1. The lowest BCUT2D eigenvalue weighted by Crippen LogP contribution is -2.13. The predicted octanol–water partition coefficient (Wildman–Crippen LogP) is 4.77. The highest BCUT2D eigenvalue weighted by atomic mass is 19.4. The van der Waals surface area contributed by atoms with Gasteiger partial charge in [-0.05, 0) is 24.1 Å². The Labute approximate surface area is 128 Å². The van der Waals surface area contributed by atoms with E-state index in [2.05, 4.69) is 0 Å². The maximum atomic E-state index is 13.4. The molecule has 2 nitrogen and oxygen atoms in total. The molecular formula is C16H11F5O2. The molecule has 23 heavy (non-hydrogen) atoms. The second-order valence-electron chi connectivity index (χ2n) is 4.70. The Bertz CT molecular complexity index is 697. The van der Waals surface area contributed by atoms with Gasteiger partial charge in [-0.2, -0.15) is 13.2 Å². The summed E-state index contributed by atoms with van der Waals surface area (Å²) in [6.45, 7) is 1.92. The summed E-state index contributed by atoms with van der Waals surface area (Å²) in [6.07, 6.45) is -4.42. The van der Waals surface area contributed by atoms with E-state index in [0.29, 0.717) is 12.1 Å². The second-order valence-corrected chi connectivity index (χ2v) is 4.70. The maximum Gasteiger partial charge on any atom is 0.422 e. The molecule has 0 amide bonds. The van der Waals surface area contributed by atoms with Crippen LogP contribution in [0.15, 0.2) is 36.4 Å². The van der Waals surface area contributed by atoms with E-state index in [9.17, 15) is 26.7 Å². The number of benzene rings is 2. The topological polar surface area (TPSA) is 26.3 Å². The number of alkyl halides is 3. The average Bonchev–Trinajstić information content (AvgIpc) is 2.45. The summed E-state index contributed by atoms with van der Waals surface area (Å²) in [6, 6.07) is 6.90. The normalized spacial score (nSPS) is 11.4. The van der Waals surface area contributed by atoms with Crippen molar-refractivity contribution in [3.63, 3.8) is 0 Å².